The van der Waals surface area contributed by atoms with E-state index < -0.39 is 0 Å². The van der Waals surface area contributed by atoms with Gasteiger partial charge in [-0.2, -0.15) is 10.4 Å². The third-order valence-corrected chi connectivity index (χ3v) is 6.62. The fourth-order valence-electron chi connectivity index (χ4n) is 4.48. The van der Waals surface area contributed by atoms with E-state index in [9.17, 15) is 0 Å². The number of anilines is 3. The number of nitrogens with zero attached hydrogens (tertiary/aromatic N) is 6. The van der Waals surface area contributed by atoms with Crippen LogP contribution in [0.25, 0.3) is 0 Å². The second-order valence-electron chi connectivity index (χ2n) is 9.21. The molecule has 0 bridgehead atoms. The van der Waals surface area contributed by atoms with E-state index in [4.69, 9.17) is 19.8 Å². The molecule has 2 saturated heterocycles. The van der Waals surface area contributed by atoms with Crippen LogP contribution < -0.4 is 15.0 Å². The Balaban J connectivity index is 1.18. The lowest BCUT2D eigenvalue weighted by Crippen LogP contribution is -2.46. The summed E-state index contributed by atoms with van der Waals surface area (Å²) in [4.78, 5) is 11.0. The third kappa shape index (κ3) is 4.41. The number of hydrogen-bond donors (Lipinski definition) is 1. The number of nitrogens with one attached hydrogen (secondary N) is 1. The number of pyridine rings is 2. The van der Waals surface area contributed by atoms with E-state index in [1.54, 1.807) is 12.4 Å². The molecule has 3 aromatic heterocycles. The van der Waals surface area contributed by atoms with E-state index in [1.165, 1.54) is 12.8 Å². The van der Waals surface area contributed by atoms with Gasteiger partial charge in [-0.3, -0.25) is 4.68 Å². The first kappa shape index (κ1) is 20.9. The molecule has 174 valence electrons. The summed E-state index contributed by atoms with van der Waals surface area (Å²) < 4.78 is 14.0. The zero-order valence-electron chi connectivity index (χ0n) is 18.9. The quantitative estimate of drug-likeness (QED) is 0.557. The number of rotatable bonds is 7. The van der Waals surface area contributed by atoms with Gasteiger partial charge in [-0.15, -0.1) is 0 Å². The SMILES string of the molecule is N#CC1CN(c2cc(Nc3cc(Oc4cn(C5CC5)nc4C4CCOCC4)ccn3)ccn2)C1. The van der Waals surface area contributed by atoms with Gasteiger partial charge in [0.05, 0.1) is 24.2 Å². The van der Waals surface area contributed by atoms with Gasteiger partial charge in [-0.1, -0.05) is 0 Å². The summed E-state index contributed by atoms with van der Waals surface area (Å²) in [6, 6.07) is 10.5. The van der Waals surface area contributed by atoms with Gasteiger partial charge in [0.2, 0.25) is 0 Å². The fraction of sp³-hybridized carbons (Fsp3) is 0.440. The largest absolute Gasteiger partial charge is 0.454 e. The molecule has 0 spiro atoms. The maximum atomic E-state index is 9.01. The van der Waals surface area contributed by atoms with E-state index in [-0.39, 0.29) is 5.92 Å². The summed E-state index contributed by atoms with van der Waals surface area (Å²) in [6.07, 6.45) is 9.86. The minimum Gasteiger partial charge on any atom is -0.454 e. The molecule has 0 atom stereocenters. The summed E-state index contributed by atoms with van der Waals surface area (Å²) in [5, 5.41) is 17.3. The van der Waals surface area contributed by atoms with Crippen molar-refractivity contribution in [1.29, 1.82) is 5.26 Å². The van der Waals surface area contributed by atoms with Crippen molar-refractivity contribution in [3.05, 3.63) is 48.5 Å². The van der Waals surface area contributed by atoms with Crippen molar-refractivity contribution < 1.29 is 9.47 Å². The van der Waals surface area contributed by atoms with Crippen molar-refractivity contribution >= 4 is 17.3 Å². The molecule has 3 aliphatic rings. The molecular formula is C25H27N7O2. The second-order valence-corrected chi connectivity index (χ2v) is 9.21. The second kappa shape index (κ2) is 8.95. The number of hydrogen-bond acceptors (Lipinski definition) is 8. The van der Waals surface area contributed by atoms with Gasteiger partial charge in [0.1, 0.15) is 23.1 Å². The van der Waals surface area contributed by atoms with Gasteiger partial charge < -0.3 is 19.7 Å². The van der Waals surface area contributed by atoms with Crippen molar-refractivity contribution in [2.24, 2.45) is 5.92 Å². The van der Waals surface area contributed by atoms with E-state index in [0.29, 0.717) is 17.8 Å². The fourth-order valence-corrected chi connectivity index (χ4v) is 4.48. The normalized spacial score (nSPS) is 18.9. The van der Waals surface area contributed by atoms with Crippen LogP contribution in [-0.2, 0) is 4.74 Å². The van der Waals surface area contributed by atoms with Crippen LogP contribution in [-0.4, -0.2) is 46.1 Å². The Morgan fingerprint density at radius 2 is 1.88 bits per heavy atom. The van der Waals surface area contributed by atoms with Crippen LogP contribution in [0.3, 0.4) is 0 Å². The molecule has 0 amide bonds. The molecule has 0 unspecified atom stereocenters. The van der Waals surface area contributed by atoms with E-state index in [0.717, 1.165) is 67.8 Å². The highest BCUT2D eigenvalue weighted by atomic mass is 16.5. The first-order chi connectivity index (χ1) is 16.7. The Labute approximate surface area is 198 Å². The van der Waals surface area contributed by atoms with E-state index in [1.807, 2.05) is 30.5 Å². The molecule has 34 heavy (non-hydrogen) atoms. The molecule has 9 nitrogen and oxygen atoms in total. The molecule has 6 rings (SSSR count). The Hall–Kier alpha value is -3.64. The van der Waals surface area contributed by atoms with Gasteiger partial charge in [-0.25, -0.2) is 9.97 Å². The average molecular weight is 458 g/mol. The summed E-state index contributed by atoms with van der Waals surface area (Å²) in [5.74, 6) is 3.54. The molecule has 3 fully saturated rings. The molecule has 1 saturated carbocycles. The van der Waals surface area contributed by atoms with Crippen molar-refractivity contribution in [3.8, 4) is 17.6 Å². The summed E-state index contributed by atoms with van der Waals surface area (Å²) in [6.45, 7) is 2.98. The first-order valence-corrected chi connectivity index (χ1v) is 11.9. The van der Waals surface area contributed by atoms with Crippen molar-refractivity contribution in [2.75, 3.05) is 36.5 Å². The molecule has 1 aliphatic carbocycles. The lowest BCUT2D eigenvalue weighted by atomic mass is 9.96. The smallest absolute Gasteiger partial charge is 0.168 e. The van der Waals surface area contributed by atoms with Crippen LogP contribution >= 0.6 is 0 Å². The van der Waals surface area contributed by atoms with Crippen molar-refractivity contribution in [1.82, 2.24) is 19.7 Å². The van der Waals surface area contributed by atoms with E-state index in [2.05, 4.69) is 30.9 Å². The number of nitriles is 1. The zero-order valence-corrected chi connectivity index (χ0v) is 18.9. The minimum absolute atomic E-state index is 0.0872. The lowest BCUT2D eigenvalue weighted by molar-refractivity contribution is 0.0839. The Kier molecular flexibility index (Phi) is 5.51. The van der Waals surface area contributed by atoms with Crippen LogP contribution in [0.4, 0.5) is 17.3 Å². The molecule has 2 aliphatic heterocycles. The Morgan fingerprint density at radius 1 is 1.06 bits per heavy atom. The van der Waals surface area contributed by atoms with E-state index >= 15 is 0 Å². The standard InChI is InChI=1S/C25H27N7O2/c26-13-17-14-31(15-17)24-11-19(3-7-28-24)29-23-12-21(4-8-27-23)34-22-16-32(20-1-2-20)30-25(22)18-5-9-33-10-6-18/h3-4,7-8,11-12,16-18,20H,1-2,5-6,9-10,14-15H2,(H,27,28,29). The van der Waals surface area contributed by atoms with Crippen molar-refractivity contribution in [2.45, 2.75) is 37.6 Å². The predicted molar refractivity (Wildman–Crippen MR) is 126 cm³/mol. The van der Waals surface area contributed by atoms with Gasteiger partial charge in [0, 0.05) is 62.4 Å². The number of ether oxygens (including phenoxy) is 2. The van der Waals surface area contributed by atoms with Crippen LogP contribution in [0.2, 0.25) is 0 Å². The van der Waals surface area contributed by atoms with Gasteiger partial charge in [-0.05, 0) is 37.8 Å². The maximum absolute atomic E-state index is 9.01. The highest BCUT2D eigenvalue weighted by Gasteiger charge is 2.30. The minimum atomic E-state index is 0.0872. The third-order valence-electron chi connectivity index (χ3n) is 6.62. The van der Waals surface area contributed by atoms with Crippen LogP contribution in [0, 0.1) is 17.2 Å². The summed E-state index contributed by atoms with van der Waals surface area (Å²) in [5.41, 5.74) is 1.92. The zero-order chi connectivity index (χ0) is 22.9. The molecule has 1 N–H and O–H groups in total. The van der Waals surface area contributed by atoms with Crippen LogP contribution in [0.1, 0.15) is 43.3 Å². The molecule has 3 aromatic rings. The van der Waals surface area contributed by atoms with Gasteiger partial charge in [0.25, 0.3) is 0 Å². The summed E-state index contributed by atoms with van der Waals surface area (Å²) in [7, 11) is 0. The number of aromatic nitrogens is 4. The topological polar surface area (TPSA) is 101 Å². The first-order valence-electron chi connectivity index (χ1n) is 11.9. The maximum Gasteiger partial charge on any atom is 0.168 e. The molecule has 0 radical (unpaired) electrons. The Bertz CT molecular complexity index is 1200. The molecule has 9 heteroatoms. The molecule has 0 aromatic carbocycles. The van der Waals surface area contributed by atoms with Crippen LogP contribution in [0.5, 0.6) is 11.5 Å². The lowest BCUT2D eigenvalue weighted by Gasteiger charge is -2.36. The molecular weight excluding hydrogens is 430 g/mol. The highest BCUT2D eigenvalue weighted by Crippen LogP contribution is 2.40. The Morgan fingerprint density at radius 3 is 2.68 bits per heavy atom. The monoisotopic (exact) mass is 457 g/mol. The van der Waals surface area contributed by atoms with Crippen molar-refractivity contribution in [3.63, 3.8) is 0 Å². The average Bonchev–Trinajstić information content (AvgIpc) is 3.60. The highest BCUT2D eigenvalue weighted by molar-refractivity contribution is 5.62. The molecule has 5 heterocycles. The van der Waals surface area contributed by atoms with Gasteiger partial charge in [0.15, 0.2) is 5.75 Å². The summed E-state index contributed by atoms with van der Waals surface area (Å²) >= 11 is 0. The van der Waals surface area contributed by atoms with Crippen LogP contribution in [0.15, 0.2) is 42.9 Å². The predicted octanol–water partition coefficient (Wildman–Crippen LogP) is 4.40. The van der Waals surface area contributed by atoms with Gasteiger partial charge >= 0.3 is 0 Å².